The number of hydrogen-bond donors (Lipinski definition) is 3. The van der Waals surface area contributed by atoms with Gasteiger partial charge in [0.2, 0.25) is 0 Å². The summed E-state index contributed by atoms with van der Waals surface area (Å²) in [4.78, 5) is 39.0. The normalized spacial score (nSPS) is 10.4. The van der Waals surface area contributed by atoms with Crippen LogP contribution < -0.4 is 20.0 Å². The third-order valence-corrected chi connectivity index (χ3v) is 9.09. The summed E-state index contributed by atoms with van der Waals surface area (Å²) in [7, 11) is 0. The maximum absolute atomic E-state index is 11.9. The molecule has 0 bridgehead atoms. The number of hydrogen-bond acceptors (Lipinski definition) is 16. The van der Waals surface area contributed by atoms with Crippen molar-refractivity contribution in [2.75, 3.05) is 60.5 Å². The second-order valence-corrected chi connectivity index (χ2v) is 14.5. The van der Waals surface area contributed by atoms with Crippen molar-refractivity contribution >= 4 is 41.1 Å². The highest BCUT2D eigenvalue weighted by Gasteiger charge is 2.11. The number of amides is 1. The molecule has 2 unspecified atom stereocenters. The lowest BCUT2D eigenvalue weighted by Crippen LogP contribution is -2.31. The van der Waals surface area contributed by atoms with E-state index in [1.165, 1.54) is 6.08 Å². The number of nitrogens with one attached hydrogen (secondary N) is 1. The van der Waals surface area contributed by atoms with Gasteiger partial charge in [-0.25, -0.2) is 0 Å². The van der Waals surface area contributed by atoms with Crippen molar-refractivity contribution in [2.24, 2.45) is 0 Å². The largest absolute Gasteiger partial charge is 0.393 e. The molecule has 352 valence electrons. The Morgan fingerprint density at radius 1 is 0.559 bits per heavy atom. The molecule has 3 N–H and O–H groups in total. The first-order valence-corrected chi connectivity index (χ1v) is 21.7. The molecule has 0 radical (unpaired) electrons. The van der Waals surface area contributed by atoms with E-state index in [0.29, 0.717) is 102 Å². The second-order valence-electron chi connectivity index (χ2n) is 14.5. The zero-order valence-corrected chi connectivity index (χ0v) is 38.7. The number of nitriles is 8. The number of anilines is 3. The van der Waals surface area contributed by atoms with Crippen molar-refractivity contribution < 1.29 is 24.6 Å². The van der Waals surface area contributed by atoms with E-state index < -0.39 is 18.1 Å². The summed E-state index contributed by atoms with van der Waals surface area (Å²) >= 11 is 0. The predicted octanol–water partition coefficient (Wildman–Crippen LogP) is 6.81. The van der Waals surface area contributed by atoms with Crippen LogP contribution in [0.4, 0.5) is 17.1 Å². The highest BCUT2D eigenvalue weighted by atomic mass is 16.3. The molecule has 0 fully saturated rings. The van der Waals surface area contributed by atoms with Crippen LogP contribution in [0, 0.1) is 90.6 Å². The van der Waals surface area contributed by atoms with E-state index in [9.17, 15) is 19.5 Å². The SMILES string of the molecule is CC(O)CCC(=O)CC#N.CC(O)CNC(=O)/C(C#N)=C/c1ccc(N(CCC#N)CCC#N)cc1.N#CCCN(CCC#N)c1ccc(C=O)cc1.N#CCCN(CCC#N)c1ccccc1. The summed E-state index contributed by atoms with van der Waals surface area (Å²) in [5, 5.41) is 89.4. The number of aldehydes is 1. The molecule has 0 aromatic heterocycles. The summed E-state index contributed by atoms with van der Waals surface area (Å²) < 4.78 is 0. The molecule has 17 nitrogen and oxygen atoms in total. The lowest BCUT2D eigenvalue weighted by atomic mass is 10.1. The standard InChI is InChI=1S/C19H21N5O2.C13H13N3O.C12H13N3.C7H11NO2/c1-15(25)14-23-19(26)17(13-22)12-16-4-6-18(7-5-16)24(10-2-8-20)11-3-9-21;14-7-1-9-16(10-2-8-15)13-5-3-12(11-17)4-6-13;13-8-4-10-15(11-5-9-14)12-6-2-1-3-7-12;1-6(9)2-3-7(10)4-5-8/h4-7,12,15,25H,2-3,10-11,14H2,1H3,(H,23,26);3-6,11H,1-2,9-10H2;1-3,6-7H,4-5,10-11H2;6,9H,2-4H2,1H3/b17-12+;;;. The minimum absolute atomic E-state index is 0.0350. The van der Waals surface area contributed by atoms with Crippen LogP contribution in [0.3, 0.4) is 0 Å². The molecule has 3 aromatic rings. The van der Waals surface area contributed by atoms with Crippen LogP contribution in [0.15, 0.2) is 84.4 Å². The van der Waals surface area contributed by atoms with E-state index in [1.807, 2.05) is 70.5 Å². The Balaban J connectivity index is 0.000000932. The number of benzene rings is 3. The number of rotatable bonds is 24. The maximum Gasteiger partial charge on any atom is 0.262 e. The first-order valence-electron chi connectivity index (χ1n) is 21.7. The lowest BCUT2D eigenvalue weighted by Gasteiger charge is -2.22. The molecule has 0 aliphatic heterocycles. The van der Waals surface area contributed by atoms with Crippen LogP contribution in [-0.2, 0) is 9.59 Å². The number of carbonyl (C=O) groups excluding carboxylic acids is 3. The fourth-order valence-corrected chi connectivity index (χ4v) is 5.60. The van der Waals surface area contributed by atoms with E-state index in [4.69, 9.17) is 47.2 Å². The van der Waals surface area contributed by atoms with Crippen LogP contribution in [0.1, 0.15) is 87.6 Å². The quantitative estimate of drug-likeness (QED) is 0.0472. The van der Waals surface area contributed by atoms with Crippen LogP contribution in [-0.4, -0.2) is 86.2 Å². The molecule has 0 aliphatic carbocycles. The van der Waals surface area contributed by atoms with Gasteiger partial charge in [0.15, 0.2) is 0 Å². The van der Waals surface area contributed by atoms with Gasteiger partial charge >= 0.3 is 0 Å². The monoisotopic (exact) mass is 918 g/mol. The third-order valence-electron chi connectivity index (χ3n) is 9.09. The molecule has 1 amide bonds. The van der Waals surface area contributed by atoms with Crippen molar-refractivity contribution in [2.45, 2.75) is 83.8 Å². The summed E-state index contributed by atoms with van der Waals surface area (Å²) in [6.45, 7) is 6.85. The van der Waals surface area contributed by atoms with Crippen molar-refractivity contribution in [3.8, 4) is 48.6 Å². The van der Waals surface area contributed by atoms with E-state index in [0.717, 1.165) is 23.3 Å². The zero-order chi connectivity index (χ0) is 50.8. The molecule has 3 aromatic carbocycles. The van der Waals surface area contributed by atoms with Gasteiger partial charge in [-0.1, -0.05) is 30.3 Å². The molecule has 68 heavy (non-hydrogen) atoms. The first-order chi connectivity index (χ1) is 32.9. The fraction of sp³-hybridized carbons (Fsp3) is 0.392. The first kappa shape index (κ1) is 59.4. The Hall–Kier alpha value is -8.55. The number of ketones is 1. The Bertz CT molecular complexity index is 2260. The molecule has 17 heteroatoms. The van der Waals surface area contributed by atoms with Crippen LogP contribution in [0.25, 0.3) is 6.08 Å². The molecular formula is C51H58N12O5. The van der Waals surface area contributed by atoms with E-state index in [2.05, 4.69) is 46.6 Å². The Morgan fingerprint density at radius 2 is 0.941 bits per heavy atom. The second kappa shape index (κ2) is 38.9. The van der Waals surface area contributed by atoms with Crippen molar-refractivity contribution in [1.29, 1.82) is 42.1 Å². The van der Waals surface area contributed by atoms with Gasteiger partial charge in [-0.3, -0.25) is 14.4 Å². The zero-order valence-electron chi connectivity index (χ0n) is 38.7. The number of para-hydroxylation sites is 1. The molecule has 2 atom stereocenters. The summed E-state index contributed by atoms with van der Waals surface area (Å²) in [6, 6.07) is 40.4. The van der Waals surface area contributed by atoms with E-state index in [1.54, 1.807) is 44.2 Å². The Morgan fingerprint density at radius 3 is 1.26 bits per heavy atom. The van der Waals surface area contributed by atoms with Crippen molar-refractivity contribution in [3.05, 3.63) is 95.6 Å². The number of nitrogens with zero attached hydrogens (tertiary/aromatic N) is 11. The molecular weight excluding hydrogens is 861 g/mol. The van der Waals surface area contributed by atoms with Crippen molar-refractivity contribution in [1.82, 2.24) is 5.32 Å². The molecule has 0 aliphatic rings. The van der Waals surface area contributed by atoms with Gasteiger partial charge in [0.1, 0.15) is 23.7 Å². The smallest absolute Gasteiger partial charge is 0.262 e. The van der Waals surface area contributed by atoms with Gasteiger partial charge in [-0.05, 0) is 80.4 Å². The molecule has 0 spiro atoms. The van der Waals surface area contributed by atoms with Crippen LogP contribution >= 0.6 is 0 Å². The highest BCUT2D eigenvalue weighted by molar-refractivity contribution is 6.01. The number of Topliss-reactive ketones (excluding diaryl/α,β-unsaturated/α-hetero) is 1. The highest BCUT2D eigenvalue weighted by Crippen LogP contribution is 2.19. The lowest BCUT2D eigenvalue weighted by molar-refractivity contribution is -0.119. The average molecular weight is 919 g/mol. The maximum atomic E-state index is 11.9. The van der Waals surface area contributed by atoms with E-state index >= 15 is 0 Å². The number of carbonyl (C=O) groups is 3. The van der Waals surface area contributed by atoms with E-state index in [-0.39, 0.29) is 24.3 Å². The third kappa shape index (κ3) is 28.3. The van der Waals surface area contributed by atoms with Gasteiger partial charge in [-0.15, -0.1) is 0 Å². The Labute approximate surface area is 400 Å². The van der Waals surface area contributed by atoms with Gasteiger partial charge in [0.05, 0.1) is 99.6 Å². The molecule has 0 saturated carbocycles. The van der Waals surface area contributed by atoms with Gasteiger partial charge in [0, 0.05) is 74.9 Å². The topological polar surface area (TPSA) is 304 Å². The average Bonchev–Trinajstić information content (AvgIpc) is 3.35. The van der Waals surface area contributed by atoms with Crippen LogP contribution in [0.5, 0.6) is 0 Å². The predicted molar refractivity (Wildman–Crippen MR) is 257 cm³/mol. The van der Waals surface area contributed by atoms with Gasteiger partial charge < -0.3 is 30.2 Å². The van der Waals surface area contributed by atoms with Gasteiger partial charge in [-0.2, -0.15) is 42.1 Å². The number of aliphatic hydroxyl groups excluding tert-OH is 2. The molecule has 3 rings (SSSR count). The minimum Gasteiger partial charge on any atom is -0.393 e. The molecule has 0 heterocycles. The Kier molecular flexibility index (Phi) is 34.0. The van der Waals surface area contributed by atoms with Crippen molar-refractivity contribution in [3.63, 3.8) is 0 Å². The molecule has 0 saturated heterocycles. The summed E-state index contributed by atoms with van der Waals surface area (Å²) in [5.74, 6) is -0.634. The minimum atomic E-state index is -0.689. The summed E-state index contributed by atoms with van der Waals surface area (Å²) in [6.07, 6.45) is 4.38. The van der Waals surface area contributed by atoms with Crippen LogP contribution in [0.2, 0.25) is 0 Å². The fourth-order valence-electron chi connectivity index (χ4n) is 5.60. The number of aliphatic hydroxyl groups is 2. The summed E-state index contributed by atoms with van der Waals surface area (Å²) in [5.41, 5.74) is 4.12. The van der Waals surface area contributed by atoms with Gasteiger partial charge in [0.25, 0.3) is 5.91 Å².